The van der Waals surface area contributed by atoms with Gasteiger partial charge in [-0.1, -0.05) is 24.3 Å². The van der Waals surface area contributed by atoms with Crippen LogP contribution in [-0.2, 0) is 10.0 Å². The Balaban J connectivity index is 3.05. The molecule has 2 rings (SSSR count). The fraction of sp³-hybridized carbons (Fsp3) is 0. The summed E-state index contributed by atoms with van der Waals surface area (Å²) in [6.45, 7) is 0. The molecule has 0 unspecified atom stereocenters. The van der Waals surface area contributed by atoms with Crippen LogP contribution in [0.5, 0.6) is 5.75 Å². The number of hydrogen-bond donors (Lipinski definition) is 1. The second-order valence-electron chi connectivity index (χ2n) is 3.41. The van der Waals surface area contributed by atoms with Crippen LogP contribution in [0.15, 0.2) is 35.2 Å². The van der Waals surface area contributed by atoms with Crippen LogP contribution in [0.1, 0.15) is 0 Å². The lowest BCUT2D eigenvalue weighted by molar-refractivity contribution is -0.264. The zero-order chi connectivity index (χ0) is 12.6. The molecule has 0 saturated carbocycles. The van der Waals surface area contributed by atoms with Crippen LogP contribution < -0.4 is 10.2 Å². The number of diazo groups is 1. The number of sulfonamides is 1. The maximum Gasteiger partial charge on any atom is 0.379 e. The van der Waals surface area contributed by atoms with Gasteiger partial charge in [0.05, 0.1) is 11.0 Å². The highest BCUT2D eigenvalue weighted by molar-refractivity contribution is 7.89. The van der Waals surface area contributed by atoms with E-state index < -0.39 is 15.8 Å². The van der Waals surface area contributed by atoms with Crippen molar-refractivity contribution < 1.29 is 13.5 Å². The minimum atomic E-state index is -3.99. The molecule has 0 amide bonds. The number of fused-ring (bicyclic) bond motifs is 1. The SMILES string of the molecule is N#[N+]c1cc(S(N)(=O)=O)c2ccccc2c1[O-]. The molecular formula is C10H7N3O3S. The van der Waals surface area contributed by atoms with Gasteiger partial charge in [-0.2, -0.15) is 0 Å². The van der Waals surface area contributed by atoms with Crippen molar-refractivity contribution in [2.24, 2.45) is 5.14 Å². The van der Waals surface area contributed by atoms with Crippen molar-refractivity contribution in [3.05, 3.63) is 35.3 Å². The zero-order valence-electron chi connectivity index (χ0n) is 8.49. The summed E-state index contributed by atoms with van der Waals surface area (Å²) in [6, 6.07) is 7.04. The van der Waals surface area contributed by atoms with Crippen LogP contribution in [0, 0.1) is 5.39 Å². The molecule has 0 bridgehead atoms. The van der Waals surface area contributed by atoms with Gasteiger partial charge in [0.2, 0.25) is 15.4 Å². The summed E-state index contributed by atoms with van der Waals surface area (Å²) in [5.74, 6) is -0.546. The van der Waals surface area contributed by atoms with E-state index in [1.165, 1.54) is 12.1 Å². The fourth-order valence-corrected chi connectivity index (χ4v) is 2.37. The molecule has 0 saturated heterocycles. The quantitative estimate of drug-likeness (QED) is 0.761. The molecule has 86 valence electrons. The number of primary sulfonamides is 1. The lowest BCUT2D eigenvalue weighted by atomic mass is 10.1. The summed E-state index contributed by atoms with van der Waals surface area (Å²) in [5.41, 5.74) is -0.354. The lowest BCUT2D eigenvalue weighted by Gasteiger charge is -2.09. The molecule has 2 N–H and O–H groups in total. The minimum Gasteiger partial charge on any atom is -0.867 e. The van der Waals surface area contributed by atoms with Crippen molar-refractivity contribution >= 4 is 26.5 Å². The summed E-state index contributed by atoms with van der Waals surface area (Å²) in [4.78, 5) is 2.53. The number of nitrogens with zero attached hydrogens (tertiary/aromatic N) is 2. The average Bonchev–Trinajstić information content (AvgIpc) is 2.28. The molecule has 6 nitrogen and oxygen atoms in total. The highest BCUT2D eigenvalue weighted by Gasteiger charge is 2.20. The molecule has 0 radical (unpaired) electrons. The highest BCUT2D eigenvalue weighted by Crippen LogP contribution is 2.36. The molecule has 0 aliphatic carbocycles. The zero-order valence-corrected chi connectivity index (χ0v) is 9.31. The molecule has 0 fully saturated rings. The molecule has 2 aromatic carbocycles. The van der Waals surface area contributed by atoms with Gasteiger partial charge in [0.25, 0.3) is 0 Å². The monoisotopic (exact) mass is 249 g/mol. The molecule has 0 heterocycles. The highest BCUT2D eigenvalue weighted by atomic mass is 32.2. The molecule has 2 aromatic rings. The van der Waals surface area contributed by atoms with Crippen molar-refractivity contribution in [2.75, 3.05) is 0 Å². The predicted molar refractivity (Wildman–Crippen MR) is 59.5 cm³/mol. The van der Waals surface area contributed by atoms with Crippen molar-refractivity contribution in [2.45, 2.75) is 4.90 Å². The Kier molecular flexibility index (Phi) is 2.46. The van der Waals surface area contributed by atoms with Gasteiger partial charge >= 0.3 is 5.69 Å². The van der Waals surface area contributed by atoms with Crippen molar-refractivity contribution in [3.8, 4) is 5.75 Å². The number of hydrogen-bond acceptors (Lipinski definition) is 4. The fourth-order valence-electron chi connectivity index (χ4n) is 1.61. The smallest absolute Gasteiger partial charge is 0.379 e. The Labute approximate surface area is 97.0 Å². The van der Waals surface area contributed by atoms with Gasteiger partial charge in [0.15, 0.2) is 4.98 Å². The molecule has 0 atom stereocenters. The number of rotatable bonds is 1. The molecular weight excluding hydrogens is 242 g/mol. The summed E-state index contributed by atoms with van der Waals surface area (Å²) in [7, 11) is -3.99. The van der Waals surface area contributed by atoms with Crippen LogP contribution >= 0.6 is 0 Å². The van der Waals surface area contributed by atoms with Crippen molar-refractivity contribution in [3.63, 3.8) is 0 Å². The average molecular weight is 249 g/mol. The Hall–Kier alpha value is -2.17. The van der Waals surface area contributed by atoms with E-state index in [0.717, 1.165) is 6.07 Å². The molecule has 7 heteroatoms. The second-order valence-corrected chi connectivity index (χ2v) is 4.94. The van der Waals surface area contributed by atoms with E-state index in [1.54, 1.807) is 12.1 Å². The van der Waals surface area contributed by atoms with E-state index >= 15 is 0 Å². The van der Waals surface area contributed by atoms with E-state index in [0.29, 0.717) is 0 Å². The number of benzene rings is 2. The van der Waals surface area contributed by atoms with E-state index in [4.69, 9.17) is 10.5 Å². The van der Waals surface area contributed by atoms with Gasteiger partial charge < -0.3 is 5.11 Å². The Morgan fingerprint density at radius 1 is 1.24 bits per heavy atom. The molecule has 0 spiro atoms. The Morgan fingerprint density at radius 3 is 2.35 bits per heavy atom. The van der Waals surface area contributed by atoms with E-state index in [-0.39, 0.29) is 21.4 Å². The predicted octanol–water partition coefficient (Wildman–Crippen LogP) is 1.05. The Morgan fingerprint density at radius 2 is 1.82 bits per heavy atom. The van der Waals surface area contributed by atoms with Crippen LogP contribution in [0.4, 0.5) is 5.69 Å². The largest absolute Gasteiger partial charge is 0.867 e. The second kappa shape index (κ2) is 3.69. The van der Waals surface area contributed by atoms with E-state index in [9.17, 15) is 13.5 Å². The van der Waals surface area contributed by atoms with Gasteiger partial charge in [-0.25, -0.2) is 13.6 Å². The van der Waals surface area contributed by atoms with Crippen LogP contribution in [0.2, 0.25) is 0 Å². The van der Waals surface area contributed by atoms with Crippen molar-refractivity contribution in [1.82, 2.24) is 0 Å². The maximum absolute atomic E-state index is 11.7. The number of nitrogens with two attached hydrogens (primary N) is 1. The van der Waals surface area contributed by atoms with Gasteiger partial charge in [-0.15, -0.1) is 0 Å². The molecule has 0 aliphatic rings. The first-order chi connectivity index (χ1) is 7.95. The first-order valence-corrected chi connectivity index (χ1v) is 6.10. The summed E-state index contributed by atoms with van der Waals surface area (Å²) < 4.78 is 22.8. The summed E-state index contributed by atoms with van der Waals surface area (Å²) in [5, 5.41) is 25.8. The third kappa shape index (κ3) is 1.80. The third-order valence-electron chi connectivity index (χ3n) is 2.35. The standard InChI is InChI=1S/C10H7N3O3S/c11-13-8-5-9(17(12,15)16)6-3-1-2-4-7(6)10(8)14/h1-5H,(H2-,12,14,15,16). The summed E-state index contributed by atoms with van der Waals surface area (Å²) >= 11 is 0. The van der Waals surface area contributed by atoms with Crippen LogP contribution in [0.3, 0.4) is 0 Å². The molecule has 17 heavy (non-hydrogen) atoms. The molecule has 0 aliphatic heterocycles. The van der Waals surface area contributed by atoms with E-state index in [2.05, 4.69) is 4.98 Å². The first-order valence-electron chi connectivity index (χ1n) is 4.56. The van der Waals surface area contributed by atoms with Gasteiger partial charge in [0.1, 0.15) is 0 Å². The van der Waals surface area contributed by atoms with Crippen LogP contribution in [-0.4, -0.2) is 8.42 Å². The Bertz CT molecular complexity index is 747. The normalized spacial score (nSPS) is 11.3. The van der Waals surface area contributed by atoms with Crippen molar-refractivity contribution in [1.29, 1.82) is 5.39 Å². The van der Waals surface area contributed by atoms with Crippen LogP contribution in [0.25, 0.3) is 15.7 Å². The first kappa shape index (κ1) is 11.3. The molecule has 0 aromatic heterocycles. The summed E-state index contributed by atoms with van der Waals surface area (Å²) in [6.07, 6.45) is 0. The maximum atomic E-state index is 11.7. The minimum absolute atomic E-state index is 0.145. The van der Waals surface area contributed by atoms with Gasteiger partial charge in [-0.3, -0.25) is 0 Å². The van der Waals surface area contributed by atoms with Gasteiger partial charge in [-0.05, 0) is 11.1 Å². The lowest BCUT2D eigenvalue weighted by Crippen LogP contribution is -2.13. The third-order valence-corrected chi connectivity index (χ3v) is 3.30. The topological polar surface area (TPSA) is 111 Å². The van der Waals surface area contributed by atoms with E-state index in [1.807, 2.05) is 0 Å². The van der Waals surface area contributed by atoms with Gasteiger partial charge in [0, 0.05) is 5.39 Å².